The van der Waals surface area contributed by atoms with Crippen molar-refractivity contribution in [1.29, 1.82) is 0 Å². The molecule has 0 aliphatic carbocycles. The third-order valence-electron chi connectivity index (χ3n) is 4.11. The van der Waals surface area contributed by atoms with Gasteiger partial charge in [-0.1, -0.05) is 0 Å². The normalized spacial score (nSPS) is 18.7. The van der Waals surface area contributed by atoms with Crippen LogP contribution >= 0.6 is 12.4 Å². The van der Waals surface area contributed by atoms with Gasteiger partial charge in [0, 0.05) is 32.4 Å². The Hall–Kier alpha value is -1.09. The summed E-state index contributed by atoms with van der Waals surface area (Å²) in [6.07, 6.45) is 2.94. The van der Waals surface area contributed by atoms with Crippen LogP contribution in [-0.2, 0) is 17.1 Å². The average Bonchev–Trinajstić information content (AvgIpc) is 2.82. The third kappa shape index (κ3) is 3.62. The highest BCUT2D eigenvalue weighted by Gasteiger charge is 2.31. The number of halogens is 1. The molecule has 1 aromatic rings. The molecular weight excluding hydrogens is 328 g/mol. The predicted octanol–water partition coefficient (Wildman–Crippen LogP) is 0.294. The SMILES string of the molecule is CC(N)C1CCN(S(=O)(=O)c2cc(C(N)=O)n(C)c2)CC1.Cl. The Morgan fingerprint density at radius 2 is 1.91 bits per heavy atom. The molecule has 1 fully saturated rings. The minimum Gasteiger partial charge on any atom is -0.364 e. The number of aromatic nitrogens is 1. The molecule has 0 spiro atoms. The van der Waals surface area contributed by atoms with Gasteiger partial charge >= 0.3 is 0 Å². The molecule has 0 saturated carbocycles. The Labute approximate surface area is 137 Å². The van der Waals surface area contributed by atoms with E-state index in [0.29, 0.717) is 19.0 Å². The first-order valence-corrected chi connectivity index (χ1v) is 8.39. The van der Waals surface area contributed by atoms with Crippen molar-refractivity contribution < 1.29 is 13.2 Å². The Morgan fingerprint density at radius 1 is 1.36 bits per heavy atom. The standard InChI is InChI=1S/C13H22N4O3S.ClH/c1-9(14)10-3-5-17(6-4-10)21(19,20)11-7-12(13(15)18)16(2)8-11;/h7-10H,3-6,14H2,1-2H3,(H2,15,18);1H. The van der Waals surface area contributed by atoms with Crippen molar-refractivity contribution in [3.63, 3.8) is 0 Å². The lowest BCUT2D eigenvalue weighted by molar-refractivity contribution is 0.0992. The van der Waals surface area contributed by atoms with Crippen LogP contribution in [0, 0.1) is 5.92 Å². The number of sulfonamides is 1. The lowest BCUT2D eigenvalue weighted by Gasteiger charge is -2.32. The van der Waals surface area contributed by atoms with E-state index in [-0.39, 0.29) is 29.0 Å². The van der Waals surface area contributed by atoms with E-state index in [1.54, 1.807) is 7.05 Å². The summed E-state index contributed by atoms with van der Waals surface area (Å²) in [6.45, 7) is 2.86. The lowest BCUT2D eigenvalue weighted by Crippen LogP contribution is -2.42. The number of carbonyl (C=O) groups is 1. The molecule has 7 nitrogen and oxygen atoms in total. The molecule has 0 aromatic carbocycles. The highest BCUT2D eigenvalue weighted by Crippen LogP contribution is 2.25. The van der Waals surface area contributed by atoms with Crippen LogP contribution in [0.1, 0.15) is 30.3 Å². The van der Waals surface area contributed by atoms with E-state index in [4.69, 9.17) is 11.5 Å². The molecule has 4 N–H and O–H groups in total. The van der Waals surface area contributed by atoms with Crippen LogP contribution in [0.5, 0.6) is 0 Å². The molecule has 1 aliphatic heterocycles. The molecule has 22 heavy (non-hydrogen) atoms. The van der Waals surface area contributed by atoms with Gasteiger partial charge in [-0.05, 0) is 31.7 Å². The lowest BCUT2D eigenvalue weighted by atomic mass is 9.92. The second kappa shape index (κ2) is 6.99. The van der Waals surface area contributed by atoms with E-state index in [2.05, 4.69) is 0 Å². The first-order valence-electron chi connectivity index (χ1n) is 6.95. The summed E-state index contributed by atoms with van der Waals surface area (Å²) in [5.74, 6) is -0.289. The molecule has 1 saturated heterocycles. The van der Waals surface area contributed by atoms with Gasteiger partial charge in [0.2, 0.25) is 10.0 Å². The van der Waals surface area contributed by atoms with Gasteiger partial charge in [0.1, 0.15) is 10.6 Å². The van der Waals surface area contributed by atoms with Gasteiger partial charge in [-0.15, -0.1) is 12.4 Å². The zero-order valence-corrected chi connectivity index (χ0v) is 14.4. The van der Waals surface area contributed by atoms with E-state index in [0.717, 1.165) is 12.8 Å². The summed E-state index contributed by atoms with van der Waals surface area (Å²) < 4.78 is 28.0. The van der Waals surface area contributed by atoms with Gasteiger partial charge in [0.05, 0.1) is 0 Å². The summed E-state index contributed by atoms with van der Waals surface area (Å²) in [7, 11) is -1.98. The van der Waals surface area contributed by atoms with Crippen LogP contribution in [0.2, 0.25) is 0 Å². The van der Waals surface area contributed by atoms with Gasteiger partial charge in [0.25, 0.3) is 5.91 Å². The van der Waals surface area contributed by atoms with Crippen LogP contribution in [0.25, 0.3) is 0 Å². The van der Waals surface area contributed by atoms with Crippen LogP contribution in [0.3, 0.4) is 0 Å². The maximum Gasteiger partial charge on any atom is 0.265 e. The first kappa shape index (κ1) is 19.0. The molecule has 126 valence electrons. The molecule has 0 bridgehead atoms. The number of primary amides is 1. The summed E-state index contributed by atoms with van der Waals surface area (Å²) in [5.41, 5.74) is 11.3. The number of amides is 1. The summed E-state index contributed by atoms with van der Waals surface area (Å²) in [5, 5.41) is 0. The fourth-order valence-corrected chi connectivity index (χ4v) is 4.25. The van der Waals surface area contributed by atoms with Gasteiger partial charge in [-0.25, -0.2) is 8.42 Å². The van der Waals surface area contributed by atoms with Crippen molar-refractivity contribution in [2.24, 2.45) is 24.4 Å². The first-order chi connectivity index (χ1) is 9.73. The molecule has 1 aromatic heterocycles. The van der Waals surface area contributed by atoms with Crippen LogP contribution in [0.15, 0.2) is 17.2 Å². The Kier molecular flexibility index (Phi) is 6.03. The summed E-state index contributed by atoms with van der Waals surface area (Å²) in [6, 6.07) is 1.41. The third-order valence-corrected chi connectivity index (χ3v) is 5.98. The van der Waals surface area contributed by atoms with E-state index in [1.165, 1.54) is 21.1 Å². The highest BCUT2D eigenvalue weighted by atomic mass is 35.5. The number of nitrogens with two attached hydrogens (primary N) is 2. The quantitative estimate of drug-likeness (QED) is 0.812. The number of aryl methyl sites for hydroxylation is 1. The van der Waals surface area contributed by atoms with Gasteiger partial charge in [-0.2, -0.15) is 4.31 Å². The topological polar surface area (TPSA) is 111 Å². The van der Waals surface area contributed by atoms with E-state index in [9.17, 15) is 13.2 Å². The molecule has 1 unspecified atom stereocenters. The number of hydrogen-bond donors (Lipinski definition) is 2. The second-order valence-corrected chi connectivity index (χ2v) is 7.57. The number of piperidine rings is 1. The monoisotopic (exact) mass is 350 g/mol. The van der Waals surface area contributed by atoms with E-state index < -0.39 is 15.9 Å². The minimum atomic E-state index is -3.58. The van der Waals surface area contributed by atoms with Crippen LogP contribution in [0.4, 0.5) is 0 Å². The fraction of sp³-hybridized carbons (Fsp3) is 0.615. The fourth-order valence-electron chi connectivity index (χ4n) is 2.71. The Bertz CT molecular complexity index is 634. The summed E-state index contributed by atoms with van der Waals surface area (Å²) >= 11 is 0. The van der Waals surface area contributed by atoms with Gasteiger partial charge < -0.3 is 16.0 Å². The van der Waals surface area contributed by atoms with Crippen LogP contribution in [-0.4, -0.2) is 42.3 Å². The number of rotatable bonds is 4. The van der Waals surface area contributed by atoms with Gasteiger partial charge in [-0.3, -0.25) is 4.79 Å². The van der Waals surface area contributed by atoms with Crippen molar-refractivity contribution >= 4 is 28.3 Å². The van der Waals surface area contributed by atoms with Crippen molar-refractivity contribution in [3.8, 4) is 0 Å². The van der Waals surface area contributed by atoms with Crippen LogP contribution < -0.4 is 11.5 Å². The molecule has 1 amide bonds. The molecule has 2 rings (SSSR count). The average molecular weight is 351 g/mol. The molecule has 2 heterocycles. The molecule has 1 atom stereocenters. The number of hydrogen-bond acceptors (Lipinski definition) is 4. The smallest absolute Gasteiger partial charge is 0.265 e. The number of carbonyl (C=O) groups excluding carboxylic acids is 1. The largest absolute Gasteiger partial charge is 0.364 e. The van der Waals surface area contributed by atoms with Crippen molar-refractivity contribution in [2.45, 2.75) is 30.7 Å². The van der Waals surface area contributed by atoms with E-state index >= 15 is 0 Å². The summed E-state index contributed by atoms with van der Waals surface area (Å²) in [4.78, 5) is 11.3. The van der Waals surface area contributed by atoms with Crippen molar-refractivity contribution in [1.82, 2.24) is 8.87 Å². The highest BCUT2D eigenvalue weighted by molar-refractivity contribution is 7.89. The number of nitrogens with zero attached hydrogens (tertiary/aromatic N) is 2. The molecule has 0 radical (unpaired) electrons. The minimum absolute atomic E-state index is 0. The molecule has 1 aliphatic rings. The maximum atomic E-state index is 12.6. The second-order valence-electron chi connectivity index (χ2n) is 5.64. The zero-order chi connectivity index (χ0) is 15.8. The maximum absolute atomic E-state index is 12.6. The van der Waals surface area contributed by atoms with Crippen molar-refractivity contribution in [2.75, 3.05) is 13.1 Å². The predicted molar refractivity (Wildman–Crippen MR) is 86.3 cm³/mol. The molecular formula is C13H23ClN4O3S. The Morgan fingerprint density at radius 3 is 2.32 bits per heavy atom. The Balaban J connectivity index is 0.00000242. The van der Waals surface area contributed by atoms with Gasteiger partial charge in [0.15, 0.2) is 0 Å². The molecule has 9 heteroatoms. The van der Waals surface area contributed by atoms with Crippen molar-refractivity contribution in [3.05, 3.63) is 18.0 Å². The zero-order valence-electron chi connectivity index (χ0n) is 12.7. The van der Waals surface area contributed by atoms with E-state index in [1.807, 2.05) is 6.92 Å².